The Bertz CT molecular complexity index is 316. The molecule has 1 N–H and O–H groups in total. The van der Waals surface area contributed by atoms with Crippen molar-refractivity contribution in [3.05, 3.63) is 0 Å². The molecule has 2 saturated carbocycles. The lowest BCUT2D eigenvalue weighted by molar-refractivity contribution is -0.131. The van der Waals surface area contributed by atoms with Crippen molar-refractivity contribution in [2.75, 3.05) is 0 Å². The molecule has 2 aliphatic rings. The summed E-state index contributed by atoms with van der Waals surface area (Å²) in [5.74, 6) is 0.519. The van der Waals surface area contributed by atoms with Crippen LogP contribution in [0.3, 0.4) is 0 Å². The molecular weight excluding hydrogens is 302 g/mol. The Morgan fingerprint density at radius 3 is 2.47 bits per heavy atom. The Balaban J connectivity index is 1.95. The number of carbonyl (C=O) groups excluding carboxylic acids is 1. The highest BCUT2D eigenvalue weighted by molar-refractivity contribution is 9.09. The maximum absolute atomic E-state index is 12.6. The molecule has 1 amide bonds. The summed E-state index contributed by atoms with van der Waals surface area (Å²) in [5.41, 5.74) is 0.175. The molecule has 0 aromatic carbocycles. The fourth-order valence-corrected chi connectivity index (χ4v) is 4.41. The topological polar surface area (TPSA) is 29.1 Å². The van der Waals surface area contributed by atoms with Crippen molar-refractivity contribution < 1.29 is 4.79 Å². The van der Waals surface area contributed by atoms with Crippen LogP contribution in [0.25, 0.3) is 0 Å². The first-order valence-electron chi connectivity index (χ1n) is 7.95. The second-order valence-electron chi connectivity index (χ2n) is 7.06. The van der Waals surface area contributed by atoms with Crippen LogP contribution >= 0.6 is 15.9 Å². The quantitative estimate of drug-likeness (QED) is 0.589. The van der Waals surface area contributed by atoms with Gasteiger partial charge in [-0.05, 0) is 31.1 Å². The monoisotopic (exact) mass is 329 g/mol. The average Bonchev–Trinajstić information content (AvgIpc) is 2.54. The Kier molecular flexibility index (Phi) is 5.33. The van der Waals surface area contributed by atoms with Crippen LogP contribution < -0.4 is 5.32 Å². The Morgan fingerprint density at radius 1 is 1.05 bits per heavy atom. The highest BCUT2D eigenvalue weighted by atomic mass is 79.9. The van der Waals surface area contributed by atoms with E-state index < -0.39 is 0 Å². The third-order valence-electron chi connectivity index (χ3n) is 5.08. The van der Waals surface area contributed by atoms with Gasteiger partial charge in [-0.1, -0.05) is 61.9 Å². The van der Waals surface area contributed by atoms with E-state index in [4.69, 9.17) is 0 Å². The van der Waals surface area contributed by atoms with Crippen LogP contribution in [0.5, 0.6) is 0 Å². The normalized spacial score (nSPS) is 35.4. The van der Waals surface area contributed by atoms with Gasteiger partial charge in [0.15, 0.2) is 0 Å². The van der Waals surface area contributed by atoms with Gasteiger partial charge < -0.3 is 5.32 Å². The molecule has 110 valence electrons. The van der Waals surface area contributed by atoms with Crippen LogP contribution in [-0.2, 0) is 4.79 Å². The van der Waals surface area contributed by atoms with Crippen molar-refractivity contribution in [1.29, 1.82) is 0 Å². The lowest BCUT2D eigenvalue weighted by Gasteiger charge is -2.38. The lowest BCUT2D eigenvalue weighted by Crippen LogP contribution is -2.47. The van der Waals surface area contributed by atoms with Crippen molar-refractivity contribution >= 4 is 21.8 Å². The van der Waals surface area contributed by atoms with E-state index in [1.54, 1.807) is 0 Å². The molecular formula is C16H28BrNO. The van der Waals surface area contributed by atoms with Crippen LogP contribution in [0.2, 0.25) is 0 Å². The lowest BCUT2D eigenvalue weighted by atomic mass is 9.68. The van der Waals surface area contributed by atoms with Gasteiger partial charge in [-0.25, -0.2) is 0 Å². The Morgan fingerprint density at radius 2 is 1.74 bits per heavy atom. The van der Waals surface area contributed by atoms with Crippen LogP contribution in [0, 0.1) is 11.3 Å². The second kappa shape index (κ2) is 6.60. The molecule has 19 heavy (non-hydrogen) atoms. The smallest absolute Gasteiger partial charge is 0.223 e. The predicted octanol–water partition coefficient (Wildman–Crippen LogP) is 4.42. The minimum atomic E-state index is 0.175. The molecule has 0 aliphatic heterocycles. The van der Waals surface area contributed by atoms with Gasteiger partial charge >= 0.3 is 0 Å². The number of carbonyl (C=O) groups is 1. The standard InChI is InChI=1S/C16H28BrNO/c1-16(2)11-7-6-8-12(16)15(19)18-14-10-5-3-4-9-13(14)17/h12-14H,3-11H2,1-2H3,(H,18,19). The van der Waals surface area contributed by atoms with Crippen molar-refractivity contribution in [1.82, 2.24) is 5.32 Å². The Labute approximate surface area is 126 Å². The zero-order valence-corrected chi connectivity index (χ0v) is 14.0. The summed E-state index contributed by atoms with van der Waals surface area (Å²) in [7, 11) is 0. The molecule has 2 aliphatic carbocycles. The van der Waals surface area contributed by atoms with Crippen LogP contribution in [0.1, 0.15) is 71.6 Å². The van der Waals surface area contributed by atoms with E-state index in [2.05, 4.69) is 35.1 Å². The molecule has 3 heteroatoms. The highest BCUT2D eigenvalue weighted by Gasteiger charge is 2.38. The summed E-state index contributed by atoms with van der Waals surface area (Å²) >= 11 is 3.77. The van der Waals surface area contributed by atoms with E-state index in [1.165, 1.54) is 44.9 Å². The molecule has 0 heterocycles. The van der Waals surface area contributed by atoms with Gasteiger partial charge in [0, 0.05) is 16.8 Å². The van der Waals surface area contributed by atoms with Crippen molar-refractivity contribution in [2.45, 2.75) is 82.5 Å². The number of alkyl halides is 1. The van der Waals surface area contributed by atoms with Crippen LogP contribution in [0.4, 0.5) is 0 Å². The largest absolute Gasteiger partial charge is 0.352 e. The molecule has 0 spiro atoms. The number of nitrogens with one attached hydrogen (secondary N) is 1. The summed E-state index contributed by atoms with van der Waals surface area (Å²) in [6.45, 7) is 4.52. The number of halogens is 1. The van der Waals surface area contributed by atoms with Gasteiger partial charge in [-0.15, -0.1) is 0 Å². The predicted molar refractivity (Wildman–Crippen MR) is 83.5 cm³/mol. The molecule has 0 aromatic heterocycles. The van der Waals surface area contributed by atoms with Gasteiger partial charge in [-0.3, -0.25) is 4.79 Å². The molecule has 0 aromatic rings. The molecule has 0 radical (unpaired) electrons. The highest BCUT2D eigenvalue weighted by Crippen LogP contribution is 2.40. The average molecular weight is 330 g/mol. The van der Waals surface area contributed by atoms with E-state index in [0.29, 0.717) is 16.8 Å². The van der Waals surface area contributed by atoms with Gasteiger partial charge in [0.1, 0.15) is 0 Å². The summed E-state index contributed by atoms with van der Waals surface area (Å²) in [4.78, 5) is 13.1. The summed E-state index contributed by atoms with van der Waals surface area (Å²) < 4.78 is 0. The number of rotatable bonds is 2. The molecule has 0 bridgehead atoms. The third-order valence-corrected chi connectivity index (χ3v) is 6.18. The van der Waals surface area contributed by atoms with Crippen LogP contribution in [-0.4, -0.2) is 16.8 Å². The van der Waals surface area contributed by atoms with E-state index in [1.807, 2.05) is 0 Å². The maximum Gasteiger partial charge on any atom is 0.223 e. The van der Waals surface area contributed by atoms with E-state index in [0.717, 1.165) is 12.8 Å². The SMILES string of the molecule is CC1(C)CCCCC1C(=O)NC1CCCCCC1Br. The summed E-state index contributed by atoms with van der Waals surface area (Å²) in [6.07, 6.45) is 10.9. The van der Waals surface area contributed by atoms with Crippen LogP contribution in [0.15, 0.2) is 0 Å². The first-order valence-corrected chi connectivity index (χ1v) is 8.87. The van der Waals surface area contributed by atoms with Gasteiger partial charge in [0.05, 0.1) is 0 Å². The zero-order chi connectivity index (χ0) is 13.9. The Hall–Kier alpha value is -0.0500. The second-order valence-corrected chi connectivity index (χ2v) is 8.23. The molecule has 3 atom stereocenters. The number of hydrogen-bond acceptors (Lipinski definition) is 1. The van der Waals surface area contributed by atoms with E-state index >= 15 is 0 Å². The maximum atomic E-state index is 12.6. The fraction of sp³-hybridized carbons (Fsp3) is 0.938. The fourth-order valence-electron chi connectivity index (χ4n) is 3.69. The van der Waals surface area contributed by atoms with Gasteiger partial charge in [0.25, 0.3) is 0 Å². The van der Waals surface area contributed by atoms with Gasteiger partial charge in [-0.2, -0.15) is 0 Å². The van der Waals surface area contributed by atoms with Crippen molar-refractivity contribution in [3.63, 3.8) is 0 Å². The van der Waals surface area contributed by atoms with E-state index in [-0.39, 0.29) is 11.3 Å². The molecule has 0 saturated heterocycles. The summed E-state index contributed by atoms with van der Waals surface area (Å²) in [6, 6.07) is 0.340. The number of amides is 1. The molecule has 2 rings (SSSR count). The minimum absolute atomic E-state index is 0.175. The molecule has 2 fully saturated rings. The number of hydrogen-bond donors (Lipinski definition) is 1. The van der Waals surface area contributed by atoms with Crippen molar-refractivity contribution in [3.8, 4) is 0 Å². The minimum Gasteiger partial charge on any atom is -0.352 e. The van der Waals surface area contributed by atoms with Crippen molar-refractivity contribution in [2.24, 2.45) is 11.3 Å². The van der Waals surface area contributed by atoms with E-state index in [9.17, 15) is 4.79 Å². The third kappa shape index (κ3) is 3.96. The summed E-state index contributed by atoms with van der Waals surface area (Å²) in [5, 5.41) is 3.35. The molecule has 2 nitrogen and oxygen atoms in total. The molecule has 3 unspecified atom stereocenters. The first kappa shape index (κ1) is 15.3. The first-order chi connectivity index (χ1) is 9.00. The zero-order valence-electron chi connectivity index (χ0n) is 12.4. The van der Waals surface area contributed by atoms with Gasteiger partial charge in [0.2, 0.25) is 5.91 Å².